The Morgan fingerprint density at radius 2 is 2.00 bits per heavy atom. The van der Waals surface area contributed by atoms with Crippen molar-refractivity contribution in [2.45, 2.75) is 6.54 Å². The van der Waals surface area contributed by atoms with E-state index in [-0.39, 0.29) is 11.5 Å². The molecule has 0 fully saturated rings. The SMILES string of the molecule is O=c1[nH]nc2ccc(NCc3ccc(F)cc3)nn12. The summed E-state index contributed by atoms with van der Waals surface area (Å²) in [4.78, 5) is 11.4. The summed E-state index contributed by atoms with van der Waals surface area (Å²) in [7, 11) is 0. The Bertz CT molecular complexity index is 762. The van der Waals surface area contributed by atoms with Crippen LogP contribution in [0.5, 0.6) is 0 Å². The van der Waals surface area contributed by atoms with Crippen LogP contribution in [0.25, 0.3) is 5.65 Å². The van der Waals surface area contributed by atoms with Gasteiger partial charge in [-0.1, -0.05) is 12.1 Å². The smallest absolute Gasteiger partial charge is 0.364 e. The lowest BCUT2D eigenvalue weighted by Crippen LogP contribution is -2.13. The normalized spacial score (nSPS) is 10.8. The van der Waals surface area contributed by atoms with Gasteiger partial charge in [0, 0.05) is 6.54 Å². The predicted octanol–water partition coefficient (Wildman–Crippen LogP) is 1.17. The third-order valence-corrected chi connectivity index (χ3v) is 2.66. The number of nitrogens with zero attached hydrogens (tertiary/aromatic N) is 3. The van der Waals surface area contributed by atoms with Gasteiger partial charge in [-0.3, -0.25) is 0 Å². The molecule has 2 N–H and O–H groups in total. The van der Waals surface area contributed by atoms with Crippen molar-refractivity contribution in [1.29, 1.82) is 0 Å². The van der Waals surface area contributed by atoms with Gasteiger partial charge in [-0.2, -0.15) is 9.61 Å². The number of halogens is 1. The number of benzene rings is 1. The van der Waals surface area contributed by atoms with E-state index < -0.39 is 0 Å². The van der Waals surface area contributed by atoms with Gasteiger partial charge in [0.2, 0.25) is 0 Å². The van der Waals surface area contributed by atoms with Gasteiger partial charge in [0.1, 0.15) is 11.6 Å². The van der Waals surface area contributed by atoms with Crippen molar-refractivity contribution < 1.29 is 4.39 Å². The number of nitrogens with one attached hydrogen (secondary N) is 2. The summed E-state index contributed by atoms with van der Waals surface area (Å²) in [6.07, 6.45) is 0. The lowest BCUT2D eigenvalue weighted by atomic mass is 10.2. The Morgan fingerprint density at radius 1 is 1.21 bits per heavy atom. The lowest BCUT2D eigenvalue weighted by Gasteiger charge is -2.05. The summed E-state index contributed by atoms with van der Waals surface area (Å²) in [5, 5.41) is 13.2. The van der Waals surface area contributed by atoms with Crippen LogP contribution in [0.2, 0.25) is 0 Å². The summed E-state index contributed by atoms with van der Waals surface area (Å²) < 4.78 is 13.9. The largest absolute Gasteiger partial charge is 0.365 e. The van der Waals surface area contributed by atoms with Crippen LogP contribution in [0, 0.1) is 5.82 Å². The Labute approximate surface area is 106 Å². The molecule has 2 heterocycles. The molecule has 6 nitrogen and oxygen atoms in total. The van der Waals surface area contributed by atoms with E-state index in [9.17, 15) is 9.18 Å². The minimum atomic E-state index is -0.388. The Balaban J connectivity index is 1.79. The molecule has 0 aliphatic heterocycles. The van der Waals surface area contributed by atoms with Crippen molar-refractivity contribution in [3.8, 4) is 0 Å². The first-order valence-electron chi connectivity index (χ1n) is 5.65. The molecule has 0 saturated heterocycles. The van der Waals surface area contributed by atoms with Gasteiger partial charge in [-0.05, 0) is 29.8 Å². The standard InChI is InChI=1S/C12H10FN5O/c13-9-3-1-8(2-4-9)7-14-10-5-6-11-15-16-12(19)18(11)17-10/h1-6H,7H2,(H,14,17)(H,16,19). The third kappa shape index (κ3) is 2.30. The number of aromatic nitrogens is 4. The van der Waals surface area contributed by atoms with Gasteiger partial charge in [0.25, 0.3) is 0 Å². The highest BCUT2D eigenvalue weighted by Gasteiger charge is 2.02. The lowest BCUT2D eigenvalue weighted by molar-refractivity contribution is 0.627. The van der Waals surface area contributed by atoms with Crippen LogP contribution in [0.4, 0.5) is 10.2 Å². The maximum atomic E-state index is 12.8. The Kier molecular flexibility index (Phi) is 2.71. The fraction of sp³-hybridized carbons (Fsp3) is 0.0833. The van der Waals surface area contributed by atoms with Gasteiger partial charge in [0.05, 0.1) is 0 Å². The van der Waals surface area contributed by atoms with Gasteiger partial charge in [-0.15, -0.1) is 5.10 Å². The molecule has 0 aliphatic carbocycles. The molecule has 96 valence electrons. The second kappa shape index (κ2) is 4.52. The molecule has 0 amide bonds. The molecule has 2 aromatic heterocycles. The van der Waals surface area contributed by atoms with Crippen LogP contribution in [0.15, 0.2) is 41.2 Å². The van der Waals surface area contributed by atoms with E-state index in [1.807, 2.05) is 0 Å². The number of H-pyrrole nitrogens is 1. The van der Waals surface area contributed by atoms with Crippen molar-refractivity contribution in [2.24, 2.45) is 0 Å². The molecule has 3 rings (SSSR count). The molecule has 0 aliphatic rings. The molecule has 0 unspecified atom stereocenters. The predicted molar refractivity (Wildman–Crippen MR) is 67.3 cm³/mol. The second-order valence-corrected chi connectivity index (χ2v) is 4.00. The number of aromatic amines is 1. The second-order valence-electron chi connectivity index (χ2n) is 4.00. The van der Waals surface area contributed by atoms with Crippen molar-refractivity contribution >= 4 is 11.5 Å². The number of rotatable bonds is 3. The van der Waals surface area contributed by atoms with E-state index in [0.717, 1.165) is 5.56 Å². The van der Waals surface area contributed by atoms with Crippen LogP contribution in [0.1, 0.15) is 5.56 Å². The zero-order chi connectivity index (χ0) is 13.2. The Hall–Kier alpha value is -2.70. The minimum Gasteiger partial charge on any atom is -0.365 e. The number of fused-ring (bicyclic) bond motifs is 1. The fourth-order valence-electron chi connectivity index (χ4n) is 1.69. The van der Waals surface area contributed by atoms with Gasteiger partial charge in [-0.25, -0.2) is 14.3 Å². The highest BCUT2D eigenvalue weighted by atomic mass is 19.1. The summed E-state index contributed by atoms with van der Waals surface area (Å²) in [6.45, 7) is 0.491. The summed E-state index contributed by atoms with van der Waals surface area (Å²) in [5.41, 5.74) is 0.987. The quantitative estimate of drug-likeness (QED) is 0.740. The van der Waals surface area contributed by atoms with Crippen LogP contribution >= 0.6 is 0 Å². The van der Waals surface area contributed by atoms with Crippen LogP contribution in [0.3, 0.4) is 0 Å². The van der Waals surface area contributed by atoms with Gasteiger partial charge in [0.15, 0.2) is 5.65 Å². The molecule has 1 aromatic carbocycles. The minimum absolute atomic E-state index is 0.270. The summed E-state index contributed by atoms with van der Waals surface area (Å²) >= 11 is 0. The topological polar surface area (TPSA) is 75.1 Å². The first-order chi connectivity index (χ1) is 9.22. The maximum absolute atomic E-state index is 12.8. The molecule has 0 atom stereocenters. The third-order valence-electron chi connectivity index (χ3n) is 2.66. The van der Waals surface area contributed by atoms with Crippen LogP contribution in [-0.2, 0) is 6.54 Å². The molecular weight excluding hydrogens is 249 g/mol. The molecule has 0 spiro atoms. The highest BCUT2D eigenvalue weighted by Crippen LogP contribution is 2.07. The summed E-state index contributed by atoms with van der Waals surface area (Å²) in [5.74, 6) is 0.272. The zero-order valence-electron chi connectivity index (χ0n) is 9.80. The molecule has 0 saturated carbocycles. The zero-order valence-corrected chi connectivity index (χ0v) is 9.80. The first kappa shape index (κ1) is 11.4. The maximum Gasteiger partial charge on any atom is 0.364 e. The average Bonchev–Trinajstić information content (AvgIpc) is 2.80. The van der Waals surface area contributed by atoms with Crippen LogP contribution in [-0.4, -0.2) is 19.8 Å². The Morgan fingerprint density at radius 3 is 2.79 bits per heavy atom. The number of hydrogen-bond acceptors (Lipinski definition) is 4. The van der Waals surface area contributed by atoms with E-state index in [4.69, 9.17) is 0 Å². The van der Waals surface area contributed by atoms with Gasteiger partial charge < -0.3 is 5.32 Å². The van der Waals surface area contributed by atoms with Crippen molar-refractivity contribution in [2.75, 3.05) is 5.32 Å². The monoisotopic (exact) mass is 259 g/mol. The van der Waals surface area contributed by atoms with E-state index in [1.54, 1.807) is 24.3 Å². The molecule has 0 radical (unpaired) electrons. The number of hydrogen-bond donors (Lipinski definition) is 2. The molecule has 7 heteroatoms. The first-order valence-corrected chi connectivity index (χ1v) is 5.65. The molecule has 0 bridgehead atoms. The van der Waals surface area contributed by atoms with Crippen molar-refractivity contribution in [3.63, 3.8) is 0 Å². The number of anilines is 1. The molecule has 19 heavy (non-hydrogen) atoms. The van der Waals surface area contributed by atoms with E-state index >= 15 is 0 Å². The van der Waals surface area contributed by atoms with Crippen molar-refractivity contribution in [1.82, 2.24) is 19.8 Å². The highest BCUT2D eigenvalue weighted by molar-refractivity contribution is 5.43. The van der Waals surface area contributed by atoms with E-state index in [0.29, 0.717) is 18.0 Å². The average molecular weight is 259 g/mol. The molecular formula is C12H10FN5O. The van der Waals surface area contributed by atoms with Crippen LogP contribution < -0.4 is 11.0 Å². The summed E-state index contributed by atoms with van der Waals surface area (Å²) in [6, 6.07) is 9.56. The van der Waals surface area contributed by atoms with E-state index in [2.05, 4.69) is 20.6 Å². The van der Waals surface area contributed by atoms with Gasteiger partial charge >= 0.3 is 5.69 Å². The van der Waals surface area contributed by atoms with Crippen molar-refractivity contribution in [3.05, 3.63) is 58.3 Å². The van der Waals surface area contributed by atoms with E-state index in [1.165, 1.54) is 16.6 Å². The molecule has 3 aromatic rings. The fourth-order valence-corrected chi connectivity index (χ4v) is 1.69.